The number of ether oxygens (including phenoxy) is 1. The van der Waals surface area contributed by atoms with Gasteiger partial charge in [-0.1, -0.05) is 18.2 Å². The SMILES string of the molecule is [CH2-]Cc1ccccc1O[CH2-].[CH3-].[CH3-].[U+2].[U+2].[U].[U]. The van der Waals surface area contributed by atoms with Crippen molar-refractivity contribution in [1.29, 1.82) is 0 Å². The summed E-state index contributed by atoms with van der Waals surface area (Å²) >= 11 is 0. The molecule has 0 bridgehead atoms. The van der Waals surface area contributed by atoms with Crippen LogP contribution in [-0.2, 0) is 6.42 Å². The maximum absolute atomic E-state index is 4.85. The normalized spacial score (nSPS) is 5.88. The zero-order valence-electron chi connectivity index (χ0n) is 9.84. The fourth-order valence-corrected chi connectivity index (χ4v) is 0.851. The van der Waals surface area contributed by atoms with Gasteiger partial charge in [0, 0.05) is 62.2 Å². The Hall–Kier alpha value is 3.23. The minimum atomic E-state index is 0. The van der Waals surface area contributed by atoms with Crippen LogP contribution in [0.2, 0.25) is 0 Å². The summed E-state index contributed by atoms with van der Waals surface area (Å²) < 4.78 is 4.85. The third-order valence-electron chi connectivity index (χ3n) is 1.40. The van der Waals surface area contributed by atoms with Crippen LogP contribution in [0.3, 0.4) is 0 Å². The monoisotopic (exact) mass is 1120 g/mol. The van der Waals surface area contributed by atoms with Crippen LogP contribution in [0.1, 0.15) is 5.56 Å². The number of para-hydroxylation sites is 1. The van der Waals surface area contributed by atoms with Gasteiger partial charge in [0.2, 0.25) is 0 Å². The summed E-state index contributed by atoms with van der Waals surface area (Å²) in [5.74, 6) is 0.817. The number of rotatable bonds is 2. The number of benzene rings is 1. The molecule has 0 N–H and O–H groups in total. The molecule has 16 heavy (non-hydrogen) atoms. The van der Waals surface area contributed by atoms with Crippen molar-refractivity contribution < 1.29 is 129 Å². The predicted molar refractivity (Wildman–Crippen MR) is 54.3 cm³/mol. The molecule has 1 aromatic rings. The summed E-state index contributed by atoms with van der Waals surface area (Å²) in [4.78, 5) is 0. The van der Waals surface area contributed by atoms with Gasteiger partial charge < -0.3 is 26.5 Å². The second-order valence-corrected chi connectivity index (χ2v) is 2.00. The second-order valence-electron chi connectivity index (χ2n) is 2.00. The van der Waals surface area contributed by atoms with Gasteiger partial charge in [0.1, 0.15) is 0 Å². The maximum Gasteiger partial charge on any atom is 2.00 e. The summed E-state index contributed by atoms with van der Waals surface area (Å²) in [6.07, 6.45) is 0.742. The van der Waals surface area contributed by atoms with Gasteiger partial charge in [-0.05, 0) is 11.6 Å². The average Bonchev–Trinajstić information content (AvgIpc) is 2.04. The van der Waals surface area contributed by atoms with Crippen LogP contribution >= 0.6 is 0 Å². The van der Waals surface area contributed by atoms with E-state index < -0.39 is 0 Å². The molecule has 0 aliphatic heterocycles. The van der Waals surface area contributed by atoms with E-state index in [1.54, 1.807) is 0 Å². The molecular formula is C11H16OU4. The van der Waals surface area contributed by atoms with E-state index in [4.69, 9.17) is 4.74 Å². The van der Waals surface area contributed by atoms with Gasteiger partial charge in [-0.15, -0.1) is 0 Å². The van der Waals surface area contributed by atoms with Crippen molar-refractivity contribution in [3.05, 3.63) is 58.7 Å². The molecule has 0 atom stereocenters. The zero-order chi connectivity index (χ0) is 7.40. The summed E-state index contributed by atoms with van der Waals surface area (Å²) in [5, 5.41) is 0. The van der Waals surface area contributed by atoms with E-state index in [0.717, 1.165) is 17.7 Å². The summed E-state index contributed by atoms with van der Waals surface area (Å²) in [5.41, 5.74) is 1.09. The minimum Gasteiger partial charge on any atom is -0.665 e. The molecule has 0 fully saturated rings. The fourth-order valence-electron chi connectivity index (χ4n) is 0.851. The first kappa shape index (κ1) is 36.5. The van der Waals surface area contributed by atoms with Crippen LogP contribution in [0, 0.1) is 153 Å². The van der Waals surface area contributed by atoms with E-state index in [2.05, 4.69) is 14.0 Å². The molecule has 0 aliphatic carbocycles. The first-order valence-corrected chi connectivity index (χ1v) is 3.17. The molecule has 0 unspecified atom stereocenters. The van der Waals surface area contributed by atoms with Crippen molar-refractivity contribution in [3.8, 4) is 5.75 Å². The van der Waals surface area contributed by atoms with Gasteiger partial charge in [0.05, 0.1) is 5.75 Å². The Kier molecular flexibility index (Phi) is 53.2. The van der Waals surface area contributed by atoms with Crippen molar-refractivity contribution in [2.75, 3.05) is 0 Å². The topological polar surface area (TPSA) is 9.23 Å². The Morgan fingerprint density at radius 2 is 1.44 bits per heavy atom. The second kappa shape index (κ2) is 23.3. The van der Waals surface area contributed by atoms with E-state index in [-0.39, 0.29) is 139 Å². The van der Waals surface area contributed by atoms with Gasteiger partial charge in [-0.25, -0.2) is 0 Å². The summed E-state index contributed by atoms with van der Waals surface area (Å²) in [6.45, 7) is 3.76. The average molecular weight is 1120 g/mol. The molecule has 82 valence electrons. The fraction of sp³-hybridized carbons (Fsp3) is 0.0909. The van der Waals surface area contributed by atoms with Gasteiger partial charge >= 0.3 is 62.2 Å². The van der Waals surface area contributed by atoms with Crippen LogP contribution < -0.4 is 4.74 Å². The molecule has 0 spiro atoms. The van der Waals surface area contributed by atoms with Crippen molar-refractivity contribution in [2.24, 2.45) is 0 Å². The number of hydrogen-bond acceptors (Lipinski definition) is 1. The molecule has 0 heterocycles. The van der Waals surface area contributed by atoms with Crippen molar-refractivity contribution in [1.82, 2.24) is 0 Å². The Morgan fingerprint density at radius 3 is 1.75 bits per heavy atom. The Balaban J connectivity index is -0.0000000417. The predicted octanol–water partition coefficient (Wildman–Crippen LogP) is 3.13. The standard InChI is InChI=1S/C9H10O.2CH3.4U/c1-3-8-6-4-5-7-9(8)10-2;;;;;;/h4-7H,1-3H2;2*1H3;;;;/q-2;2*-1;;;2*+2. The van der Waals surface area contributed by atoms with Crippen molar-refractivity contribution in [2.45, 2.75) is 6.42 Å². The quantitative estimate of drug-likeness (QED) is 0.415. The van der Waals surface area contributed by atoms with Crippen molar-refractivity contribution >= 4 is 0 Å². The molecule has 0 amide bonds. The third-order valence-corrected chi connectivity index (χ3v) is 1.40. The third kappa shape index (κ3) is 13.7. The first-order valence-electron chi connectivity index (χ1n) is 3.17. The van der Waals surface area contributed by atoms with Gasteiger partial charge in [0.15, 0.2) is 0 Å². The first-order chi connectivity index (χ1) is 4.88. The minimum absolute atomic E-state index is 0. The van der Waals surface area contributed by atoms with E-state index in [1.165, 1.54) is 0 Å². The van der Waals surface area contributed by atoms with Gasteiger partial charge in [-0.2, -0.15) is 13.5 Å². The molecular weight excluding hydrogens is 1100 g/mol. The Bertz CT molecular complexity index is 196. The van der Waals surface area contributed by atoms with E-state index >= 15 is 0 Å². The van der Waals surface area contributed by atoms with E-state index in [1.807, 2.05) is 24.3 Å². The molecule has 5 heteroatoms. The zero-order valence-corrected chi connectivity index (χ0v) is 26.5. The van der Waals surface area contributed by atoms with E-state index in [9.17, 15) is 0 Å². The van der Waals surface area contributed by atoms with Crippen LogP contribution in [0.4, 0.5) is 0 Å². The smallest absolute Gasteiger partial charge is 0.665 e. The molecule has 0 saturated heterocycles. The molecule has 0 saturated carbocycles. The van der Waals surface area contributed by atoms with Crippen molar-refractivity contribution in [3.63, 3.8) is 0 Å². The molecule has 0 aliphatic rings. The summed E-state index contributed by atoms with van der Waals surface area (Å²) in [6, 6.07) is 7.74. The molecule has 1 aromatic carbocycles. The number of hydrogen-bond donors (Lipinski definition) is 0. The molecule has 0 radical (unpaired) electrons. The van der Waals surface area contributed by atoms with Gasteiger partial charge in [-0.3, -0.25) is 0 Å². The molecule has 0 aromatic heterocycles. The Morgan fingerprint density at radius 1 is 1.00 bits per heavy atom. The van der Waals surface area contributed by atoms with Crippen LogP contribution in [0.15, 0.2) is 24.3 Å². The van der Waals surface area contributed by atoms with Crippen LogP contribution in [-0.4, -0.2) is 0 Å². The summed E-state index contributed by atoms with van der Waals surface area (Å²) in [7, 11) is 3.34. The van der Waals surface area contributed by atoms with E-state index in [0.29, 0.717) is 0 Å². The maximum atomic E-state index is 4.85. The van der Waals surface area contributed by atoms with Gasteiger partial charge in [0.25, 0.3) is 0 Å². The molecule has 1 nitrogen and oxygen atoms in total. The van der Waals surface area contributed by atoms with Crippen LogP contribution in [0.5, 0.6) is 5.75 Å². The Labute approximate surface area is 196 Å². The molecule has 1 rings (SSSR count). The largest absolute Gasteiger partial charge is 2.00 e. The van der Waals surface area contributed by atoms with Crippen LogP contribution in [0.25, 0.3) is 0 Å².